The molecule has 4 rings (SSSR count). The molecule has 0 atom stereocenters. The Kier molecular flexibility index (Phi) is 11.6. The number of rotatable bonds is 6. The molecule has 2 aliphatic rings. The van der Waals surface area contributed by atoms with E-state index in [0.717, 1.165) is 13.1 Å². The Labute approximate surface area is 271 Å². The van der Waals surface area contributed by atoms with E-state index in [1.807, 2.05) is 0 Å². The van der Waals surface area contributed by atoms with Crippen molar-refractivity contribution in [2.75, 3.05) is 22.9 Å². The van der Waals surface area contributed by atoms with Crippen LogP contribution in [0.4, 0.5) is 11.4 Å². The zero-order chi connectivity index (χ0) is 32.0. The molecule has 0 N–H and O–H groups in total. The van der Waals surface area contributed by atoms with Crippen molar-refractivity contribution in [3.05, 3.63) is 58.7 Å². The maximum absolute atomic E-state index is 2.69. The van der Waals surface area contributed by atoms with Gasteiger partial charge in [-0.1, -0.05) is 119 Å². The Morgan fingerprint density at radius 3 is 0.860 bits per heavy atom. The van der Waals surface area contributed by atoms with Gasteiger partial charge in [-0.3, -0.25) is 0 Å². The van der Waals surface area contributed by atoms with Crippen LogP contribution in [0.25, 0.3) is 0 Å². The first-order valence-electron chi connectivity index (χ1n) is 16.9. The Morgan fingerprint density at radius 2 is 0.698 bits per heavy atom. The molecule has 0 spiro atoms. The van der Waals surface area contributed by atoms with Crippen LogP contribution in [0.1, 0.15) is 170 Å². The monoisotopic (exact) mass is 584 g/mol. The quantitative estimate of drug-likeness (QED) is 0.312. The molecule has 2 aliphatic heterocycles. The van der Waals surface area contributed by atoms with E-state index in [1.54, 1.807) is 0 Å². The first-order valence-corrected chi connectivity index (χ1v) is 16.9. The van der Waals surface area contributed by atoms with Gasteiger partial charge in [-0.25, -0.2) is 0 Å². The van der Waals surface area contributed by atoms with Crippen LogP contribution in [0.5, 0.6) is 0 Å². The minimum atomic E-state index is 0. The van der Waals surface area contributed by atoms with Crippen molar-refractivity contribution in [3.63, 3.8) is 0 Å². The number of hydrogen-bond donors (Lipinski definition) is 0. The number of para-hydroxylation sites is 2. The van der Waals surface area contributed by atoms with E-state index in [4.69, 9.17) is 0 Å². The predicted molar refractivity (Wildman–Crippen MR) is 195 cm³/mol. The molecule has 2 heterocycles. The standard InChI is InChI=1S/2C20H33N.Be/c2*1-14(2)16-10-9-11-17(15(3)4)18(16)21-13-19(5,6)12-20(21,7)8;/h2*9-11,14-15H,12-13H2,1-8H3;. The molecule has 0 aliphatic carbocycles. The van der Waals surface area contributed by atoms with Gasteiger partial charge >= 0.3 is 0 Å². The Bertz CT molecular complexity index is 1070. The van der Waals surface area contributed by atoms with E-state index in [2.05, 4.69) is 157 Å². The molecule has 2 saturated heterocycles. The maximum atomic E-state index is 2.69. The van der Waals surface area contributed by atoms with Gasteiger partial charge in [0.1, 0.15) is 0 Å². The van der Waals surface area contributed by atoms with Crippen LogP contribution in [0, 0.1) is 10.8 Å². The first-order chi connectivity index (χ1) is 19.1. The molecule has 2 aromatic rings. The third kappa shape index (κ3) is 8.28. The summed E-state index contributed by atoms with van der Waals surface area (Å²) in [6.07, 6.45) is 2.51. The summed E-state index contributed by atoms with van der Waals surface area (Å²) < 4.78 is 0. The van der Waals surface area contributed by atoms with Crippen LogP contribution in [0.3, 0.4) is 0 Å². The fourth-order valence-corrected chi connectivity index (χ4v) is 8.34. The molecule has 3 heteroatoms. The van der Waals surface area contributed by atoms with Crippen molar-refractivity contribution >= 4 is 21.5 Å². The van der Waals surface area contributed by atoms with Gasteiger partial charge in [0.25, 0.3) is 0 Å². The van der Waals surface area contributed by atoms with Crippen LogP contribution >= 0.6 is 0 Å². The third-order valence-corrected chi connectivity index (χ3v) is 9.68. The van der Waals surface area contributed by atoms with Crippen LogP contribution in [0.15, 0.2) is 36.4 Å². The molecule has 2 fully saturated rings. The Hall–Kier alpha value is -1.79. The van der Waals surface area contributed by atoms with Crippen molar-refractivity contribution in [1.82, 2.24) is 0 Å². The van der Waals surface area contributed by atoms with E-state index in [1.165, 1.54) is 46.5 Å². The zero-order valence-electron chi connectivity index (χ0n) is 31.2. The maximum Gasteiger partial charge on any atom is 0.0441 e. The summed E-state index contributed by atoms with van der Waals surface area (Å²) in [5.74, 6) is 2.27. The van der Waals surface area contributed by atoms with E-state index >= 15 is 0 Å². The third-order valence-electron chi connectivity index (χ3n) is 9.68. The molecule has 0 bridgehead atoms. The molecule has 2 nitrogen and oxygen atoms in total. The van der Waals surface area contributed by atoms with Crippen molar-refractivity contribution in [1.29, 1.82) is 0 Å². The second-order valence-electron chi connectivity index (χ2n) is 17.7. The van der Waals surface area contributed by atoms with Crippen molar-refractivity contribution in [3.8, 4) is 0 Å². The van der Waals surface area contributed by atoms with Crippen molar-refractivity contribution in [2.24, 2.45) is 10.8 Å². The fourth-order valence-electron chi connectivity index (χ4n) is 8.34. The van der Waals surface area contributed by atoms with Crippen molar-refractivity contribution in [2.45, 2.75) is 158 Å². The second-order valence-corrected chi connectivity index (χ2v) is 17.7. The van der Waals surface area contributed by atoms with Crippen LogP contribution < -0.4 is 9.80 Å². The Balaban J connectivity index is 0.000000293. The molecule has 0 unspecified atom stereocenters. The van der Waals surface area contributed by atoms with Gasteiger partial charge in [0.2, 0.25) is 0 Å². The van der Waals surface area contributed by atoms with E-state index in [9.17, 15) is 0 Å². The molecule has 43 heavy (non-hydrogen) atoms. The summed E-state index contributed by atoms with van der Waals surface area (Å²) in [4.78, 5) is 5.38. The summed E-state index contributed by atoms with van der Waals surface area (Å²) in [5, 5.41) is 0. The normalized spacial score (nSPS) is 20.1. The average molecular weight is 584 g/mol. The second kappa shape index (κ2) is 13.3. The summed E-state index contributed by atoms with van der Waals surface area (Å²) in [5.41, 5.74) is 10.3. The number of hydrogen-bond acceptors (Lipinski definition) is 2. The number of nitrogens with zero attached hydrogens (tertiary/aromatic N) is 2. The molecule has 2 aromatic carbocycles. The Morgan fingerprint density at radius 1 is 0.465 bits per heavy atom. The number of benzene rings is 2. The molecular formula is C40H66BeN2. The van der Waals surface area contributed by atoms with Gasteiger partial charge in [0, 0.05) is 45.7 Å². The average Bonchev–Trinajstić information content (AvgIpc) is 3.21. The number of anilines is 2. The summed E-state index contributed by atoms with van der Waals surface area (Å²) in [6, 6.07) is 13.8. The van der Waals surface area contributed by atoms with E-state index in [0.29, 0.717) is 34.5 Å². The van der Waals surface area contributed by atoms with Crippen LogP contribution in [-0.2, 0) is 0 Å². The molecule has 0 amide bonds. The van der Waals surface area contributed by atoms with E-state index < -0.39 is 0 Å². The van der Waals surface area contributed by atoms with Gasteiger partial charge in [0.15, 0.2) is 0 Å². The summed E-state index contributed by atoms with van der Waals surface area (Å²) >= 11 is 0. The van der Waals surface area contributed by atoms with Crippen LogP contribution in [-0.4, -0.2) is 34.3 Å². The molecule has 0 aromatic heterocycles. The minimum Gasteiger partial charge on any atom is -0.365 e. The largest absolute Gasteiger partial charge is 0.365 e. The van der Waals surface area contributed by atoms with Gasteiger partial charge in [0.05, 0.1) is 0 Å². The predicted octanol–water partition coefficient (Wildman–Crippen LogP) is 11.5. The van der Waals surface area contributed by atoms with Gasteiger partial charge in [-0.05, 0) is 97.3 Å². The summed E-state index contributed by atoms with van der Waals surface area (Å²) in [6.45, 7) is 40.1. The summed E-state index contributed by atoms with van der Waals surface area (Å²) in [7, 11) is 0. The molecule has 0 saturated carbocycles. The first kappa shape index (κ1) is 37.4. The van der Waals surface area contributed by atoms with Gasteiger partial charge in [-0.15, -0.1) is 0 Å². The molecule has 238 valence electrons. The topological polar surface area (TPSA) is 6.48 Å². The SMILES string of the molecule is CC(C)c1cccc(C(C)C)c1N1CC(C)(C)CC1(C)C.CC(C)c1cccc(C(C)C)c1N1CC(C)(C)CC1(C)C.[Be]. The van der Waals surface area contributed by atoms with E-state index in [-0.39, 0.29) is 21.2 Å². The van der Waals surface area contributed by atoms with Gasteiger partial charge < -0.3 is 9.80 Å². The van der Waals surface area contributed by atoms with Gasteiger partial charge in [-0.2, -0.15) is 0 Å². The van der Waals surface area contributed by atoms with Crippen LogP contribution in [0.2, 0.25) is 0 Å². The smallest absolute Gasteiger partial charge is 0.0441 e. The van der Waals surface area contributed by atoms with Crippen molar-refractivity contribution < 1.29 is 0 Å². The fraction of sp³-hybridized carbons (Fsp3) is 0.700. The minimum absolute atomic E-state index is 0. The molecular weight excluding hydrogens is 517 g/mol. The zero-order valence-corrected chi connectivity index (χ0v) is 31.2. The molecule has 2 radical (unpaired) electrons.